The second-order valence-corrected chi connectivity index (χ2v) is 6.20. The molecule has 0 aliphatic carbocycles. The average molecular weight is 238 g/mol. The molecule has 1 rings (SSSR count). The van der Waals surface area contributed by atoms with Crippen LogP contribution in [0.3, 0.4) is 0 Å². The Hall–Kier alpha value is -0.0231. The fourth-order valence-electron chi connectivity index (χ4n) is 1.07. The van der Waals surface area contributed by atoms with Gasteiger partial charge in [0.15, 0.2) is 0 Å². The van der Waals surface area contributed by atoms with Gasteiger partial charge in [-0.1, -0.05) is 0 Å². The molecule has 0 aromatic carbocycles. The van der Waals surface area contributed by atoms with Crippen molar-refractivity contribution in [2.45, 2.75) is 12.1 Å². The molecule has 1 unspecified atom stereocenters. The molecule has 1 aliphatic heterocycles. The number of ether oxygens (including phenoxy) is 1. The molecule has 0 aromatic heterocycles. The van der Waals surface area contributed by atoms with Crippen LogP contribution in [0.5, 0.6) is 0 Å². The largest absolute Gasteiger partial charge is 0.502 e. The summed E-state index contributed by atoms with van der Waals surface area (Å²) in [6, 6.07) is 0.558. The predicted octanol–water partition coefficient (Wildman–Crippen LogP) is 0.212. The first-order valence-electron chi connectivity index (χ1n) is 4.78. The van der Waals surface area contributed by atoms with Gasteiger partial charge in [0.1, 0.15) is 12.7 Å². The first-order valence-corrected chi connectivity index (χ1v) is 6.71. The highest BCUT2D eigenvalue weighted by atomic mass is 28.4. The molecule has 0 radical (unpaired) electrons. The summed E-state index contributed by atoms with van der Waals surface area (Å²) in [5.41, 5.74) is 0. The number of hydrogen-bond acceptors (Lipinski definition) is 6. The highest BCUT2D eigenvalue weighted by Gasteiger charge is 2.37. The van der Waals surface area contributed by atoms with Gasteiger partial charge in [-0.25, -0.2) is 9.78 Å². The van der Waals surface area contributed by atoms with Gasteiger partial charge in [-0.15, -0.1) is 0 Å². The molecule has 1 heterocycles. The van der Waals surface area contributed by atoms with E-state index in [-0.39, 0.29) is 6.10 Å². The second kappa shape index (κ2) is 6.54. The van der Waals surface area contributed by atoms with E-state index in [0.29, 0.717) is 19.3 Å². The summed E-state index contributed by atoms with van der Waals surface area (Å²) < 4.78 is 20.6. The molecule has 1 fully saturated rings. The molecular formula is C8H18O6Si. The van der Waals surface area contributed by atoms with Crippen LogP contribution in [0.4, 0.5) is 0 Å². The van der Waals surface area contributed by atoms with E-state index >= 15 is 0 Å². The smallest absolute Gasteiger partial charge is 0.377 e. The van der Waals surface area contributed by atoms with Gasteiger partial charge in [0, 0.05) is 27.4 Å². The summed E-state index contributed by atoms with van der Waals surface area (Å²) >= 11 is 0. The van der Waals surface area contributed by atoms with Crippen LogP contribution < -0.4 is 0 Å². The van der Waals surface area contributed by atoms with Crippen LogP contribution in [-0.4, -0.2) is 56.1 Å². The summed E-state index contributed by atoms with van der Waals surface area (Å²) in [5, 5.41) is 0. The standard InChI is InChI=1S/C8H18O6Si/c1-9-15(10-2,11-3)5-4-13-14-7-8-6-12-8/h8H,4-7H2,1-3H3. The number of epoxide rings is 1. The van der Waals surface area contributed by atoms with Gasteiger partial charge in [-0.3, -0.25) is 0 Å². The minimum Gasteiger partial charge on any atom is -0.377 e. The van der Waals surface area contributed by atoms with Crippen LogP contribution in [0, 0.1) is 0 Å². The first kappa shape index (κ1) is 13.0. The van der Waals surface area contributed by atoms with Crippen LogP contribution in [0.2, 0.25) is 6.04 Å². The third-order valence-electron chi connectivity index (χ3n) is 2.16. The molecule has 1 aliphatic rings. The zero-order valence-corrected chi connectivity index (χ0v) is 10.4. The third kappa shape index (κ3) is 4.56. The number of hydrogen-bond donors (Lipinski definition) is 0. The minimum atomic E-state index is -2.52. The molecule has 90 valence electrons. The Morgan fingerprint density at radius 2 is 1.73 bits per heavy atom. The minimum absolute atomic E-state index is 0.208. The Kier molecular flexibility index (Phi) is 5.68. The van der Waals surface area contributed by atoms with E-state index in [2.05, 4.69) is 0 Å². The Balaban J connectivity index is 2.04. The van der Waals surface area contributed by atoms with Crippen molar-refractivity contribution >= 4 is 8.80 Å². The lowest BCUT2D eigenvalue weighted by Crippen LogP contribution is -2.43. The fourth-order valence-corrected chi connectivity index (χ4v) is 2.52. The first-order chi connectivity index (χ1) is 7.26. The van der Waals surface area contributed by atoms with Crippen molar-refractivity contribution in [3.05, 3.63) is 0 Å². The SMILES string of the molecule is CO[Si](CCOOCC1CO1)(OC)OC. The fraction of sp³-hybridized carbons (Fsp3) is 1.00. The van der Waals surface area contributed by atoms with Crippen molar-refractivity contribution in [2.75, 3.05) is 41.2 Å². The molecule has 15 heavy (non-hydrogen) atoms. The molecule has 0 aromatic rings. The Labute approximate surface area is 90.6 Å². The van der Waals surface area contributed by atoms with Crippen molar-refractivity contribution < 1.29 is 27.8 Å². The maximum atomic E-state index is 5.21. The van der Waals surface area contributed by atoms with Crippen LogP contribution >= 0.6 is 0 Å². The van der Waals surface area contributed by atoms with Gasteiger partial charge in [0.05, 0.1) is 13.2 Å². The van der Waals surface area contributed by atoms with Crippen molar-refractivity contribution in [1.82, 2.24) is 0 Å². The van der Waals surface area contributed by atoms with E-state index in [1.165, 1.54) is 0 Å². The summed E-state index contributed by atoms with van der Waals surface area (Å²) in [6.45, 7) is 1.62. The van der Waals surface area contributed by atoms with E-state index in [9.17, 15) is 0 Å². The van der Waals surface area contributed by atoms with E-state index in [1.807, 2.05) is 0 Å². The molecule has 0 saturated carbocycles. The third-order valence-corrected chi connectivity index (χ3v) is 4.85. The van der Waals surface area contributed by atoms with Gasteiger partial charge < -0.3 is 18.0 Å². The van der Waals surface area contributed by atoms with Crippen molar-refractivity contribution in [2.24, 2.45) is 0 Å². The van der Waals surface area contributed by atoms with E-state index in [1.54, 1.807) is 21.3 Å². The van der Waals surface area contributed by atoms with Gasteiger partial charge in [-0.05, 0) is 0 Å². The van der Waals surface area contributed by atoms with Gasteiger partial charge in [0.2, 0.25) is 0 Å². The average Bonchev–Trinajstić information content (AvgIpc) is 3.08. The Bertz CT molecular complexity index is 162. The molecule has 6 nitrogen and oxygen atoms in total. The monoisotopic (exact) mass is 238 g/mol. The maximum Gasteiger partial charge on any atom is 0.502 e. The Morgan fingerprint density at radius 1 is 1.13 bits per heavy atom. The lowest BCUT2D eigenvalue weighted by Gasteiger charge is -2.23. The van der Waals surface area contributed by atoms with Gasteiger partial charge >= 0.3 is 8.80 Å². The van der Waals surface area contributed by atoms with E-state index in [4.69, 9.17) is 27.8 Å². The molecule has 0 bridgehead atoms. The zero-order valence-electron chi connectivity index (χ0n) is 9.36. The summed E-state index contributed by atoms with van der Waals surface area (Å²) in [7, 11) is 2.19. The molecule has 1 saturated heterocycles. The highest BCUT2D eigenvalue weighted by Crippen LogP contribution is 2.13. The Morgan fingerprint density at radius 3 is 2.20 bits per heavy atom. The second-order valence-electron chi connectivity index (χ2n) is 3.11. The highest BCUT2D eigenvalue weighted by molar-refractivity contribution is 6.60. The maximum absolute atomic E-state index is 5.21. The van der Waals surface area contributed by atoms with Crippen molar-refractivity contribution in [3.8, 4) is 0 Å². The van der Waals surface area contributed by atoms with Crippen LogP contribution in [0.25, 0.3) is 0 Å². The summed E-state index contributed by atoms with van der Waals surface area (Å²) in [6.07, 6.45) is 0.208. The van der Waals surface area contributed by atoms with Crippen LogP contribution in [-0.2, 0) is 27.8 Å². The normalized spacial score (nSPS) is 20.6. The van der Waals surface area contributed by atoms with Crippen LogP contribution in [0.15, 0.2) is 0 Å². The molecular weight excluding hydrogens is 220 g/mol. The topological polar surface area (TPSA) is 58.7 Å². The van der Waals surface area contributed by atoms with Crippen LogP contribution in [0.1, 0.15) is 0 Å². The van der Waals surface area contributed by atoms with E-state index < -0.39 is 8.80 Å². The lowest BCUT2D eigenvalue weighted by atomic mass is 10.5. The molecule has 0 N–H and O–H groups in total. The zero-order chi connectivity index (χ0) is 11.1. The lowest BCUT2D eigenvalue weighted by molar-refractivity contribution is -0.293. The van der Waals surface area contributed by atoms with Crippen molar-refractivity contribution in [1.29, 1.82) is 0 Å². The van der Waals surface area contributed by atoms with Gasteiger partial charge in [0.25, 0.3) is 0 Å². The van der Waals surface area contributed by atoms with Crippen molar-refractivity contribution in [3.63, 3.8) is 0 Å². The molecule has 0 spiro atoms. The molecule has 1 atom stereocenters. The quantitative estimate of drug-likeness (QED) is 0.188. The molecule has 7 heteroatoms. The molecule has 0 amide bonds. The summed E-state index contributed by atoms with van der Waals surface area (Å²) in [4.78, 5) is 9.88. The predicted molar refractivity (Wildman–Crippen MR) is 53.2 cm³/mol. The summed E-state index contributed by atoms with van der Waals surface area (Å²) in [5.74, 6) is 0. The van der Waals surface area contributed by atoms with E-state index in [0.717, 1.165) is 6.61 Å². The number of rotatable bonds is 9. The van der Waals surface area contributed by atoms with Gasteiger partial charge in [-0.2, -0.15) is 0 Å².